The minimum Gasteiger partial charge on any atom is -0.392 e. The first-order chi connectivity index (χ1) is 10.2. The Hall–Kier alpha value is -1.85. The smallest absolute Gasteiger partial charge is 0.251 e. The minimum atomic E-state index is -0.0836. The van der Waals surface area contributed by atoms with Crippen LogP contribution >= 0.6 is 11.8 Å². The monoisotopic (exact) mass is 302 g/mol. The summed E-state index contributed by atoms with van der Waals surface area (Å²) in [4.78, 5) is 16.2. The fraction of sp³-hybridized carbons (Fsp3) is 0.250. The Bertz CT molecular complexity index is 599. The van der Waals surface area contributed by atoms with E-state index in [-0.39, 0.29) is 12.5 Å². The van der Waals surface area contributed by atoms with Crippen LogP contribution in [0.4, 0.5) is 0 Å². The third kappa shape index (κ3) is 4.58. The van der Waals surface area contributed by atoms with Crippen LogP contribution in [0.2, 0.25) is 0 Å². The summed E-state index contributed by atoms with van der Waals surface area (Å²) >= 11 is 1.51. The molecular weight excluding hydrogens is 284 g/mol. The second-order valence-electron chi connectivity index (χ2n) is 4.57. The average Bonchev–Trinajstić information content (AvgIpc) is 2.55. The summed E-state index contributed by atoms with van der Waals surface area (Å²) in [5.41, 5.74) is 2.65. The summed E-state index contributed by atoms with van der Waals surface area (Å²) in [6, 6.07) is 11.2. The molecule has 0 aliphatic carbocycles. The molecule has 5 heteroatoms. The Kier molecular flexibility index (Phi) is 5.78. The van der Waals surface area contributed by atoms with Crippen molar-refractivity contribution in [3.8, 4) is 0 Å². The molecule has 1 heterocycles. The van der Waals surface area contributed by atoms with E-state index in [1.165, 1.54) is 11.8 Å². The van der Waals surface area contributed by atoms with E-state index in [1.807, 2.05) is 30.5 Å². The van der Waals surface area contributed by atoms with Gasteiger partial charge in [-0.2, -0.15) is 0 Å². The molecule has 2 rings (SSSR count). The maximum atomic E-state index is 12.0. The second kappa shape index (κ2) is 7.81. The Morgan fingerprint density at radius 1 is 1.24 bits per heavy atom. The van der Waals surface area contributed by atoms with Crippen LogP contribution in [0.1, 0.15) is 21.5 Å². The molecule has 0 radical (unpaired) electrons. The van der Waals surface area contributed by atoms with Crippen molar-refractivity contribution in [2.75, 3.05) is 12.8 Å². The van der Waals surface area contributed by atoms with E-state index in [4.69, 9.17) is 5.11 Å². The molecule has 0 atom stereocenters. The van der Waals surface area contributed by atoms with Gasteiger partial charge in [-0.25, -0.2) is 4.98 Å². The van der Waals surface area contributed by atoms with Crippen LogP contribution in [-0.4, -0.2) is 28.8 Å². The van der Waals surface area contributed by atoms with Gasteiger partial charge in [0.2, 0.25) is 0 Å². The van der Waals surface area contributed by atoms with Crippen LogP contribution in [0.15, 0.2) is 47.6 Å². The van der Waals surface area contributed by atoms with Crippen molar-refractivity contribution in [1.82, 2.24) is 10.3 Å². The van der Waals surface area contributed by atoms with Gasteiger partial charge in [-0.15, -0.1) is 11.8 Å². The maximum Gasteiger partial charge on any atom is 0.251 e. The second-order valence-corrected chi connectivity index (χ2v) is 5.39. The van der Waals surface area contributed by atoms with E-state index in [0.717, 1.165) is 22.6 Å². The molecule has 0 unspecified atom stereocenters. The lowest BCUT2D eigenvalue weighted by atomic mass is 10.1. The molecule has 0 bridgehead atoms. The Morgan fingerprint density at radius 3 is 2.62 bits per heavy atom. The number of carbonyl (C=O) groups is 1. The number of nitrogens with zero attached hydrogens (tertiary/aromatic N) is 1. The highest BCUT2D eigenvalue weighted by molar-refractivity contribution is 7.98. The van der Waals surface area contributed by atoms with Crippen LogP contribution < -0.4 is 5.32 Å². The zero-order chi connectivity index (χ0) is 15.1. The molecule has 110 valence electrons. The number of hydrogen-bond acceptors (Lipinski definition) is 4. The number of hydrogen-bond donors (Lipinski definition) is 2. The third-order valence-corrected chi connectivity index (χ3v) is 3.75. The Labute approximate surface area is 128 Å². The number of rotatable bonds is 6. The minimum absolute atomic E-state index is 0.0524. The number of benzene rings is 1. The molecule has 0 spiro atoms. The van der Waals surface area contributed by atoms with Crippen molar-refractivity contribution >= 4 is 17.7 Å². The van der Waals surface area contributed by atoms with E-state index >= 15 is 0 Å². The Balaban J connectivity index is 1.85. The van der Waals surface area contributed by atoms with E-state index < -0.39 is 0 Å². The van der Waals surface area contributed by atoms with Crippen molar-refractivity contribution in [2.45, 2.75) is 18.1 Å². The molecular formula is C16H18N2O2S. The number of pyridine rings is 1. The van der Waals surface area contributed by atoms with Crippen LogP contribution in [0, 0.1) is 0 Å². The predicted molar refractivity (Wildman–Crippen MR) is 84.4 cm³/mol. The van der Waals surface area contributed by atoms with E-state index in [9.17, 15) is 4.79 Å². The van der Waals surface area contributed by atoms with Crippen molar-refractivity contribution in [2.24, 2.45) is 0 Å². The summed E-state index contributed by atoms with van der Waals surface area (Å²) in [5, 5.41) is 12.7. The molecule has 1 amide bonds. The number of aromatic nitrogens is 1. The molecule has 21 heavy (non-hydrogen) atoms. The van der Waals surface area contributed by atoms with Gasteiger partial charge in [0.25, 0.3) is 5.91 Å². The number of aliphatic hydroxyl groups excluding tert-OH is 1. The summed E-state index contributed by atoms with van der Waals surface area (Å²) < 4.78 is 0. The van der Waals surface area contributed by atoms with Gasteiger partial charge in [-0.1, -0.05) is 24.3 Å². The Morgan fingerprint density at radius 2 is 1.95 bits per heavy atom. The van der Waals surface area contributed by atoms with Gasteiger partial charge in [-0.05, 0) is 35.9 Å². The zero-order valence-corrected chi connectivity index (χ0v) is 12.7. The summed E-state index contributed by atoms with van der Waals surface area (Å²) in [6.07, 6.45) is 4.34. The lowest BCUT2D eigenvalue weighted by molar-refractivity contribution is 0.0953. The van der Waals surface area contributed by atoms with Gasteiger partial charge in [0.1, 0.15) is 0 Å². The predicted octanol–water partition coefficient (Wildman–Crippen LogP) is 2.27. The van der Waals surface area contributed by atoms with Crippen molar-refractivity contribution in [1.29, 1.82) is 0 Å². The number of thioether (sulfide) groups is 1. The molecule has 4 nitrogen and oxygen atoms in total. The third-order valence-electron chi connectivity index (χ3n) is 3.11. The van der Waals surface area contributed by atoms with Crippen LogP contribution in [0.25, 0.3) is 0 Å². The van der Waals surface area contributed by atoms with Gasteiger partial charge >= 0.3 is 0 Å². The van der Waals surface area contributed by atoms with Crippen molar-refractivity contribution < 1.29 is 9.90 Å². The first-order valence-electron chi connectivity index (χ1n) is 6.70. The fourth-order valence-electron chi connectivity index (χ4n) is 1.90. The highest BCUT2D eigenvalue weighted by atomic mass is 32.2. The standard InChI is InChI=1S/C16H18N2O2S/c1-21-15-10-14(7-9-17-15)16(20)18-8-6-12-2-4-13(11-19)5-3-12/h2-5,7,9-10,19H,6,8,11H2,1H3,(H,18,20). The first-order valence-corrected chi connectivity index (χ1v) is 7.92. The van der Waals surface area contributed by atoms with Crippen LogP contribution in [0.3, 0.4) is 0 Å². The van der Waals surface area contributed by atoms with Gasteiger partial charge in [0.05, 0.1) is 11.6 Å². The summed E-state index contributed by atoms with van der Waals surface area (Å²) in [7, 11) is 0. The molecule has 0 saturated heterocycles. The molecule has 0 aliphatic rings. The summed E-state index contributed by atoms with van der Waals surface area (Å²) in [6.45, 7) is 0.630. The number of nitrogens with one attached hydrogen (secondary N) is 1. The molecule has 2 N–H and O–H groups in total. The molecule has 0 aliphatic heterocycles. The van der Waals surface area contributed by atoms with Gasteiger partial charge in [-0.3, -0.25) is 4.79 Å². The first kappa shape index (κ1) is 15.5. The lowest BCUT2D eigenvalue weighted by Crippen LogP contribution is -2.25. The SMILES string of the molecule is CSc1cc(C(=O)NCCc2ccc(CO)cc2)ccn1. The number of aliphatic hydroxyl groups is 1. The lowest BCUT2D eigenvalue weighted by Gasteiger charge is -2.06. The topological polar surface area (TPSA) is 62.2 Å². The highest BCUT2D eigenvalue weighted by Gasteiger charge is 2.06. The molecule has 0 fully saturated rings. The number of amides is 1. The molecule has 0 saturated carbocycles. The van der Waals surface area contributed by atoms with Gasteiger partial charge in [0, 0.05) is 18.3 Å². The normalized spacial score (nSPS) is 10.4. The zero-order valence-electron chi connectivity index (χ0n) is 11.9. The molecule has 1 aromatic carbocycles. The largest absolute Gasteiger partial charge is 0.392 e. The van der Waals surface area contributed by atoms with E-state index in [0.29, 0.717) is 12.1 Å². The van der Waals surface area contributed by atoms with Crippen molar-refractivity contribution in [3.63, 3.8) is 0 Å². The maximum absolute atomic E-state index is 12.0. The average molecular weight is 302 g/mol. The fourth-order valence-corrected chi connectivity index (χ4v) is 2.31. The summed E-state index contributed by atoms with van der Waals surface area (Å²) in [5.74, 6) is -0.0836. The molecule has 2 aromatic rings. The van der Waals surface area contributed by atoms with E-state index in [2.05, 4.69) is 10.3 Å². The van der Waals surface area contributed by atoms with Crippen LogP contribution in [-0.2, 0) is 13.0 Å². The molecule has 1 aromatic heterocycles. The highest BCUT2D eigenvalue weighted by Crippen LogP contribution is 2.12. The van der Waals surface area contributed by atoms with Gasteiger partial charge in [0.15, 0.2) is 0 Å². The van der Waals surface area contributed by atoms with E-state index in [1.54, 1.807) is 18.3 Å². The number of carbonyl (C=O) groups excluding carboxylic acids is 1. The van der Waals surface area contributed by atoms with Gasteiger partial charge < -0.3 is 10.4 Å². The van der Waals surface area contributed by atoms with Crippen LogP contribution in [0.5, 0.6) is 0 Å². The van der Waals surface area contributed by atoms with Crippen molar-refractivity contribution in [3.05, 3.63) is 59.3 Å². The quantitative estimate of drug-likeness (QED) is 0.804.